The summed E-state index contributed by atoms with van der Waals surface area (Å²) in [7, 11) is -4.60. The van der Waals surface area contributed by atoms with E-state index in [1.54, 1.807) is 0 Å². The van der Waals surface area contributed by atoms with E-state index in [1.165, 1.54) is 25.7 Å². The fourth-order valence-electron chi connectivity index (χ4n) is 1.66. The van der Waals surface area contributed by atoms with E-state index in [0.29, 0.717) is 6.42 Å². The summed E-state index contributed by atoms with van der Waals surface area (Å²) in [6.45, 7) is 2.17. The molecule has 0 aliphatic rings. The first-order chi connectivity index (χ1) is 8.02. The number of hydrogen-bond acceptors (Lipinski definition) is 2. The van der Waals surface area contributed by atoms with Crippen molar-refractivity contribution in [3.8, 4) is 5.63 Å². The summed E-state index contributed by atoms with van der Waals surface area (Å²) in [5.41, 5.74) is 1.31. The Balaban J connectivity index is 3.73. The summed E-state index contributed by atoms with van der Waals surface area (Å²) >= 11 is 0. The van der Waals surface area contributed by atoms with E-state index in [2.05, 4.69) is 12.6 Å². The van der Waals surface area contributed by atoms with Crippen LogP contribution in [0.1, 0.15) is 58.3 Å². The molecule has 0 aromatic rings. The van der Waals surface area contributed by atoms with Gasteiger partial charge in [-0.05, 0) is 0 Å². The van der Waals surface area contributed by atoms with Gasteiger partial charge in [-0.25, -0.2) is 0 Å². The Kier molecular flexibility index (Phi) is 10.2. The normalized spacial score (nSPS) is 13.1. The second-order valence-corrected chi connectivity index (χ2v) is 6.48. The Morgan fingerprint density at radius 2 is 1.65 bits per heavy atom. The molecule has 1 atom stereocenters. The van der Waals surface area contributed by atoms with Gasteiger partial charge in [-0.1, -0.05) is 0 Å². The summed E-state index contributed by atoms with van der Waals surface area (Å²) in [5.74, 6) is 0. The Morgan fingerprint density at radius 3 is 2.12 bits per heavy atom. The second-order valence-electron chi connectivity index (χ2n) is 4.24. The van der Waals surface area contributed by atoms with Crippen LogP contribution in [0.5, 0.6) is 0 Å². The van der Waals surface area contributed by atoms with E-state index in [1.807, 2.05) is 0 Å². The van der Waals surface area contributed by atoms with E-state index in [-0.39, 0.29) is 0 Å². The van der Waals surface area contributed by atoms with Crippen LogP contribution in [0.4, 0.5) is 0 Å². The van der Waals surface area contributed by atoms with Gasteiger partial charge >= 0.3 is 104 Å². The van der Waals surface area contributed by atoms with Gasteiger partial charge in [0.15, 0.2) is 0 Å². The maximum atomic E-state index is 11.0. The maximum absolute atomic E-state index is 11.0. The zero-order valence-corrected chi connectivity index (χ0v) is 12.1. The van der Waals surface area contributed by atoms with Crippen LogP contribution in [-0.4, -0.2) is 15.4 Å². The van der Waals surface area contributed by atoms with Crippen LogP contribution in [-0.2, 0) is 9.13 Å². The summed E-state index contributed by atoms with van der Waals surface area (Å²) in [4.78, 5) is 18.0. The summed E-state index contributed by atoms with van der Waals surface area (Å²) in [6.07, 6.45) is 8.07. The van der Waals surface area contributed by atoms with Crippen molar-refractivity contribution >= 4 is 15.5 Å². The number of rotatable bonds is 9. The van der Waals surface area contributed by atoms with Crippen LogP contribution < -0.4 is 0 Å². The van der Waals surface area contributed by atoms with Gasteiger partial charge in [-0.2, -0.15) is 0 Å². The van der Waals surface area contributed by atoms with Crippen LogP contribution >= 0.6 is 15.5 Å². The van der Waals surface area contributed by atoms with Gasteiger partial charge in [-0.15, -0.1) is 0 Å². The van der Waals surface area contributed by atoms with Crippen molar-refractivity contribution in [2.45, 2.75) is 63.9 Å². The molecule has 0 aliphatic heterocycles. The third-order valence-corrected chi connectivity index (χ3v) is 4.51. The van der Waals surface area contributed by atoms with E-state index in [4.69, 9.17) is 9.79 Å². The minimum absolute atomic E-state index is 0.368. The molecule has 1 unspecified atom stereocenters. The van der Waals surface area contributed by atoms with E-state index in [0.717, 1.165) is 19.3 Å². The molecular weight excluding hydrogens is 258 g/mol. The first kappa shape index (κ1) is 17.2. The molecule has 6 heteroatoms. The molecule has 0 fully saturated rings. The van der Waals surface area contributed by atoms with Gasteiger partial charge in [0.2, 0.25) is 0 Å². The predicted octanol–water partition coefficient (Wildman–Crippen LogP) is 3.92. The van der Waals surface area contributed by atoms with Crippen molar-refractivity contribution in [2.75, 3.05) is 0 Å². The monoisotopic (exact) mass is 280 g/mol. The minimum atomic E-state index is -4.18. The van der Waals surface area contributed by atoms with Crippen molar-refractivity contribution in [1.82, 2.24) is 0 Å². The molecule has 100 valence electrons. The van der Waals surface area contributed by atoms with E-state index in [9.17, 15) is 9.13 Å². The van der Waals surface area contributed by atoms with Crippen molar-refractivity contribution in [2.24, 2.45) is 0 Å². The molecule has 0 saturated heterocycles. The summed E-state index contributed by atoms with van der Waals surface area (Å²) in [6, 6.07) is 0. The van der Waals surface area contributed by atoms with Gasteiger partial charge in [0, 0.05) is 0 Å². The van der Waals surface area contributed by atoms with Crippen molar-refractivity contribution in [3.05, 3.63) is 0 Å². The molecular formula is C11H22O4P2. The molecule has 0 radical (unpaired) electrons. The molecule has 0 heterocycles. The molecule has 17 heavy (non-hydrogen) atoms. The average Bonchev–Trinajstić information content (AvgIpc) is 2.25. The van der Waals surface area contributed by atoms with E-state index < -0.39 is 21.2 Å². The fourth-order valence-corrected chi connectivity index (χ4v) is 3.18. The van der Waals surface area contributed by atoms with Crippen LogP contribution in [0.2, 0.25) is 0 Å². The SMILES string of the molecule is CCCCCCCCCC(C#P=O)P(=O)(O)O. The molecule has 0 spiro atoms. The first-order valence-corrected chi connectivity index (χ1v) is 8.64. The van der Waals surface area contributed by atoms with Gasteiger partial charge in [0.25, 0.3) is 0 Å². The molecule has 0 aliphatic carbocycles. The van der Waals surface area contributed by atoms with Gasteiger partial charge in [0.1, 0.15) is 0 Å². The Labute approximate surface area is 104 Å². The zero-order chi connectivity index (χ0) is 13.1. The van der Waals surface area contributed by atoms with Crippen molar-refractivity contribution in [3.63, 3.8) is 0 Å². The average molecular weight is 280 g/mol. The van der Waals surface area contributed by atoms with Crippen LogP contribution in [0.15, 0.2) is 0 Å². The first-order valence-electron chi connectivity index (χ1n) is 6.15. The molecule has 0 aromatic heterocycles. The third kappa shape index (κ3) is 9.83. The van der Waals surface area contributed by atoms with Crippen LogP contribution in [0, 0.1) is 5.63 Å². The third-order valence-electron chi connectivity index (χ3n) is 2.69. The molecule has 2 N–H and O–H groups in total. The van der Waals surface area contributed by atoms with Crippen molar-refractivity contribution < 1.29 is 18.9 Å². The standard InChI is InChI=1S/C11H22O4P2/c1-2-3-4-5-6-7-8-9-11(10-16-12)17(13,14)15/h11H,2-9H2,1H3,(H2,13,14,15). The van der Waals surface area contributed by atoms with Gasteiger partial charge in [-0.3, -0.25) is 0 Å². The quantitative estimate of drug-likeness (QED) is 0.495. The Bertz CT molecular complexity index is 330. The topological polar surface area (TPSA) is 74.6 Å². The Hall–Kier alpha value is 0.160. The molecule has 4 nitrogen and oxygen atoms in total. The predicted molar refractivity (Wildman–Crippen MR) is 69.9 cm³/mol. The molecule has 0 aromatic carbocycles. The second kappa shape index (κ2) is 10.1. The summed E-state index contributed by atoms with van der Waals surface area (Å²) in [5, 5.41) is 0. The molecule has 0 saturated carbocycles. The molecule has 0 bridgehead atoms. The van der Waals surface area contributed by atoms with Crippen molar-refractivity contribution in [1.29, 1.82) is 0 Å². The molecule has 0 amide bonds. The van der Waals surface area contributed by atoms with Gasteiger partial charge < -0.3 is 0 Å². The van der Waals surface area contributed by atoms with Gasteiger partial charge in [0.05, 0.1) is 0 Å². The Morgan fingerprint density at radius 1 is 1.12 bits per heavy atom. The number of unbranched alkanes of at least 4 members (excludes halogenated alkanes) is 6. The van der Waals surface area contributed by atoms with Crippen LogP contribution in [0.25, 0.3) is 0 Å². The summed E-state index contributed by atoms with van der Waals surface area (Å²) < 4.78 is 21.3. The fraction of sp³-hybridized carbons (Fsp3) is 0.909. The van der Waals surface area contributed by atoms with Crippen LogP contribution in [0.3, 0.4) is 0 Å². The molecule has 0 rings (SSSR count). The zero-order valence-electron chi connectivity index (χ0n) is 10.3. The number of hydrogen-bond donors (Lipinski definition) is 2. The van der Waals surface area contributed by atoms with E-state index >= 15 is 0 Å².